The molecule has 0 radical (unpaired) electrons. The van der Waals surface area contributed by atoms with E-state index in [4.69, 9.17) is 10.5 Å². The monoisotopic (exact) mass is 330 g/mol. The van der Waals surface area contributed by atoms with Crippen LogP contribution in [0.25, 0.3) is 0 Å². The lowest BCUT2D eigenvalue weighted by Gasteiger charge is -2.31. The molecule has 0 aromatic heterocycles. The fourth-order valence-corrected chi connectivity index (χ4v) is 3.26. The van der Waals surface area contributed by atoms with Crippen molar-refractivity contribution in [3.63, 3.8) is 0 Å². The summed E-state index contributed by atoms with van der Waals surface area (Å²) in [7, 11) is 0. The zero-order valence-corrected chi connectivity index (χ0v) is 14.7. The molecule has 0 amide bonds. The van der Waals surface area contributed by atoms with Crippen molar-refractivity contribution in [1.29, 1.82) is 10.5 Å². The number of nitriles is 2. The first-order valence-corrected chi connectivity index (χ1v) is 8.97. The lowest BCUT2D eigenvalue weighted by Crippen LogP contribution is -2.25. The van der Waals surface area contributed by atoms with Crippen molar-refractivity contribution in [3.8, 4) is 12.1 Å². The van der Waals surface area contributed by atoms with Crippen LogP contribution in [0, 0.1) is 34.0 Å². The lowest BCUT2D eigenvalue weighted by atomic mass is 9.72. The first-order valence-electron chi connectivity index (χ1n) is 8.97. The highest BCUT2D eigenvalue weighted by atomic mass is 16.1. The molecule has 0 saturated heterocycles. The van der Waals surface area contributed by atoms with Crippen LogP contribution in [0.2, 0.25) is 0 Å². The molecule has 132 valence electrons. The van der Waals surface area contributed by atoms with Crippen LogP contribution in [0.5, 0.6) is 0 Å². The van der Waals surface area contributed by atoms with Crippen molar-refractivity contribution in [2.45, 2.75) is 77.0 Å². The van der Waals surface area contributed by atoms with Gasteiger partial charge in [-0.05, 0) is 32.1 Å². The van der Waals surface area contributed by atoms with Gasteiger partial charge in [0, 0.05) is 23.8 Å². The Morgan fingerprint density at radius 3 is 1.92 bits per heavy atom. The standard InChI is InChI=1S/C10H15NO.C7H12O.C3H3N/c11-8-4-7-10(9-12)5-2-1-3-6-10;8-6-7-4-2-1-3-5-7;1-2-3-4/h9H,1-7H2;6-7H,1-5H2;2H,1H2. The highest BCUT2D eigenvalue weighted by molar-refractivity contribution is 5.59. The molecule has 0 aromatic carbocycles. The van der Waals surface area contributed by atoms with E-state index in [9.17, 15) is 9.59 Å². The number of rotatable bonds is 4. The van der Waals surface area contributed by atoms with Gasteiger partial charge in [-0.3, -0.25) is 0 Å². The van der Waals surface area contributed by atoms with Crippen LogP contribution >= 0.6 is 0 Å². The van der Waals surface area contributed by atoms with Crippen molar-refractivity contribution in [2.24, 2.45) is 11.3 Å². The van der Waals surface area contributed by atoms with Crippen molar-refractivity contribution in [2.75, 3.05) is 0 Å². The van der Waals surface area contributed by atoms with Gasteiger partial charge in [-0.1, -0.05) is 45.1 Å². The average molecular weight is 330 g/mol. The second kappa shape index (κ2) is 14.6. The molecule has 0 heterocycles. The summed E-state index contributed by atoms with van der Waals surface area (Å²) in [4.78, 5) is 21.0. The maximum absolute atomic E-state index is 10.9. The Bertz CT molecular complexity index is 434. The summed E-state index contributed by atoms with van der Waals surface area (Å²) in [5, 5.41) is 15.9. The first-order chi connectivity index (χ1) is 11.7. The molecular weight excluding hydrogens is 300 g/mol. The molecule has 0 aliphatic heterocycles. The summed E-state index contributed by atoms with van der Waals surface area (Å²) in [5.41, 5.74) is -0.131. The van der Waals surface area contributed by atoms with E-state index >= 15 is 0 Å². The van der Waals surface area contributed by atoms with Gasteiger partial charge in [0.1, 0.15) is 12.6 Å². The highest BCUT2D eigenvalue weighted by Gasteiger charge is 2.30. The van der Waals surface area contributed by atoms with Crippen LogP contribution in [-0.2, 0) is 9.59 Å². The lowest BCUT2D eigenvalue weighted by molar-refractivity contribution is -0.118. The Morgan fingerprint density at radius 1 is 1.00 bits per heavy atom. The van der Waals surface area contributed by atoms with Gasteiger partial charge >= 0.3 is 0 Å². The third kappa shape index (κ3) is 9.95. The second-order valence-corrected chi connectivity index (χ2v) is 6.57. The normalized spacial score (nSPS) is 18.9. The van der Waals surface area contributed by atoms with Crippen molar-refractivity contribution in [1.82, 2.24) is 0 Å². The number of hydrogen-bond acceptors (Lipinski definition) is 4. The molecule has 4 nitrogen and oxygen atoms in total. The molecule has 0 atom stereocenters. The molecule has 2 aliphatic carbocycles. The maximum atomic E-state index is 10.9. The SMILES string of the molecule is C=CC#N.N#CCCC1(C=O)CCCCC1.O=CC1CCCCC1. The zero-order chi connectivity index (χ0) is 18.1. The van der Waals surface area contributed by atoms with E-state index in [1.807, 2.05) is 0 Å². The summed E-state index contributed by atoms with van der Waals surface area (Å²) < 4.78 is 0. The summed E-state index contributed by atoms with van der Waals surface area (Å²) in [6.45, 7) is 3.12. The fraction of sp³-hybridized carbons (Fsp3) is 0.700. The Kier molecular flexibility index (Phi) is 13.5. The van der Waals surface area contributed by atoms with E-state index in [0.29, 0.717) is 12.3 Å². The van der Waals surface area contributed by atoms with E-state index in [2.05, 4.69) is 12.6 Å². The van der Waals surface area contributed by atoms with Crippen molar-refractivity contribution < 1.29 is 9.59 Å². The van der Waals surface area contributed by atoms with Crippen LogP contribution in [0.4, 0.5) is 0 Å². The molecule has 2 fully saturated rings. The molecular formula is C20H30N2O2. The molecule has 0 N–H and O–H groups in total. The summed E-state index contributed by atoms with van der Waals surface area (Å²) >= 11 is 0. The Balaban J connectivity index is 0.000000379. The average Bonchev–Trinajstić information content (AvgIpc) is 2.68. The smallest absolute Gasteiger partial charge is 0.126 e. The number of carbonyl (C=O) groups is 2. The minimum Gasteiger partial charge on any atom is -0.303 e. The van der Waals surface area contributed by atoms with Gasteiger partial charge in [-0.25, -0.2) is 0 Å². The number of carbonyl (C=O) groups excluding carboxylic acids is 2. The third-order valence-electron chi connectivity index (χ3n) is 4.77. The second-order valence-electron chi connectivity index (χ2n) is 6.57. The molecule has 24 heavy (non-hydrogen) atoms. The van der Waals surface area contributed by atoms with Gasteiger partial charge in [-0.2, -0.15) is 10.5 Å². The molecule has 2 saturated carbocycles. The summed E-state index contributed by atoms with van der Waals surface area (Å²) in [6, 6.07) is 3.81. The maximum Gasteiger partial charge on any atom is 0.126 e. The van der Waals surface area contributed by atoms with Gasteiger partial charge in [0.2, 0.25) is 0 Å². The van der Waals surface area contributed by atoms with Crippen molar-refractivity contribution >= 4 is 12.6 Å². The van der Waals surface area contributed by atoms with Gasteiger partial charge in [0.25, 0.3) is 0 Å². The zero-order valence-electron chi connectivity index (χ0n) is 14.7. The predicted octanol–water partition coefficient (Wildman–Crippen LogP) is 4.90. The van der Waals surface area contributed by atoms with Crippen molar-refractivity contribution in [3.05, 3.63) is 12.7 Å². The minimum absolute atomic E-state index is 0.131. The van der Waals surface area contributed by atoms with E-state index in [0.717, 1.165) is 57.5 Å². The molecule has 0 spiro atoms. The van der Waals surface area contributed by atoms with Crippen LogP contribution in [0.3, 0.4) is 0 Å². The van der Waals surface area contributed by atoms with E-state index < -0.39 is 0 Å². The van der Waals surface area contributed by atoms with Crippen LogP contribution < -0.4 is 0 Å². The molecule has 0 bridgehead atoms. The fourth-order valence-electron chi connectivity index (χ4n) is 3.26. The topological polar surface area (TPSA) is 81.7 Å². The van der Waals surface area contributed by atoms with E-state index in [-0.39, 0.29) is 5.41 Å². The Hall–Kier alpha value is -1.94. The van der Waals surface area contributed by atoms with Gasteiger partial charge < -0.3 is 9.59 Å². The van der Waals surface area contributed by atoms with Gasteiger partial charge in [-0.15, -0.1) is 0 Å². The van der Waals surface area contributed by atoms with E-state index in [1.165, 1.54) is 31.8 Å². The van der Waals surface area contributed by atoms with Gasteiger partial charge in [0.05, 0.1) is 12.1 Å². The predicted molar refractivity (Wildman–Crippen MR) is 94.9 cm³/mol. The molecule has 0 aromatic rings. The van der Waals surface area contributed by atoms with Crippen LogP contribution in [0.15, 0.2) is 12.7 Å². The molecule has 2 rings (SSSR count). The number of allylic oxidation sites excluding steroid dienone is 1. The summed E-state index contributed by atoms with van der Waals surface area (Å²) in [6.07, 6.45) is 16.4. The minimum atomic E-state index is -0.131. The first kappa shape index (κ1) is 22.1. The third-order valence-corrected chi connectivity index (χ3v) is 4.77. The molecule has 4 heteroatoms. The Morgan fingerprint density at radius 2 is 1.54 bits per heavy atom. The number of aldehydes is 2. The van der Waals surface area contributed by atoms with E-state index in [1.54, 1.807) is 6.07 Å². The number of nitrogens with zero attached hydrogens (tertiary/aromatic N) is 2. The number of hydrogen-bond donors (Lipinski definition) is 0. The Labute approximate surface area is 146 Å². The molecule has 0 unspecified atom stereocenters. The van der Waals surface area contributed by atoms with Crippen LogP contribution in [-0.4, -0.2) is 12.6 Å². The van der Waals surface area contributed by atoms with Crippen LogP contribution in [0.1, 0.15) is 77.0 Å². The quantitative estimate of drug-likeness (QED) is 0.542. The largest absolute Gasteiger partial charge is 0.303 e. The highest BCUT2D eigenvalue weighted by Crippen LogP contribution is 2.38. The summed E-state index contributed by atoms with van der Waals surface area (Å²) in [5.74, 6) is 0.406. The van der Waals surface area contributed by atoms with Gasteiger partial charge in [0.15, 0.2) is 0 Å². The molecule has 2 aliphatic rings.